The van der Waals surface area contributed by atoms with Crippen LogP contribution in [0.1, 0.15) is 13.3 Å². The summed E-state index contributed by atoms with van der Waals surface area (Å²) in [5.41, 5.74) is 1.57. The van der Waals surface area contributed by atoms with E-state index in [0.717, 1.165) is 18.8 Å². The van der Waals surface area contributed by atoms with E-state index in [-0.39, 0.29) is 18.2 Å². The van der Waals surface area contributed by atoms with E-state index < -0.39 is 6.04 Å². The molecule has 6 nitrogen and oxygen atoms in total. The highest BCUT2D eigenvalue weighted by molar-refractivity contribution is 6.42. The number of imide groups is 1. The minimum absolute atomic E-state index is 0.170. The number of nitrogens with zero attached hydrogens (tertiary/aromatic N) is 3. The lowest BCUT2D eigenvalue weighted by Crippen LogP contribution is -2.52. The van der Waals surface area contributed by atoms with Crippen molar-refractivity contribution in [3.63, 3.8) is 0 Å². The lowest BCUT2D eigenvalue weighted by Gasteiger charge is -2.38. The monoisotopic (exact) mass is 447 g/mol. The number of rotatable bonds is 5. The van der Waals surface area contributed by atoms with Crippen molar-refractivity contribution in [2.75, 3.05) is 42.6 Å². The highest BCUT2D eigenvalue weighted by atomic mass is 35.5. The molecular formula is C22H23Cl2N3O3. The molecule has 0 unspecified atom stereocenters. The zero-order valence-electron chi connectivity index (χ0n) is 16.7. The van der Waals surface area contributed by atoms with Crippen LogP contribution in [-0.4, -0.2) is 55.5 Å². The van der Waals surface area contributed by atoms with Gasteiger partial charge in [0, 0.05) is 37.9 Å². The summed E-state index contributed by atoms with van der Waals surface area (Å²) < 4.78 is 5.51. The van der Waals surface area contributed by atoms with Gasteiger partial charge in [0.25, 0.3) is 5.91 Å². The number of anilines is 2. The molecule has 4 rings (SSSR count). The molecule has 30 heavy (non-hydrogen) atoms. The maximum absolute atomic E-state index is 13.1. The summed E-state index contributed by atoms with van der Waals surface area (Å²) in [5, 5.41) is 1.06. The van der Waals surface area contributed by atoms with Crippen LogP contribution in [0, 0.1) is 0 Å². The lowest BCUT2D eigenvalue weighted by atomic mass is 10.1. The Bertz CT molecular complexity index is 960. The molecule has 0 bridgehead atoms. The second kappa shape index (κ2) is 8.84. The summed E-state index contributed by atoms with van der Waals surface area (Å²) in [6, 6.07) is 12.3. The molecule has 158 valence electrons. The number of carbonyl (C=O) groups excluding carboxylic acids is 2. The number of amides is 2. The molecule has 2 heterocycles. The van der Waals surface area contributed by atoms with E-state index in [4.69, 9.17) is 27.9 Å². The van der Waals surface area contributed by atoms with Crippen molar-refractivity contribution in [2.45, 2.75) is 19.4 Å². The van der Waals surface area contributed by atoms with Crippen LogP contribution in [0.25, 0.3) is 0 Å². The summed E-state index contributed by atoms with van der Waals surface area (Å²) in [5.74, 6) is 0.302. The molecule has 0 N–H and O–H groups in total. The van der Waals surface area contributed by atoms with Crippen LogP contribution in [0.5, 0.6) is 5.75 Å². The molecule has 0 aromatic heterocycles. The molecule has 0 aliphatic carbocycles. The Morgan fingerprint density at radius 1 is 0.967 bits per heavy atom. The van der Waals surface area contributed by atoms with Crippen LogP contribution in [0.3, 0.4) is 0 Å². The average Bonchev–Trinajstić information content (AvgIpc) is 3.04. The fourth-order valence-electron chi connectivity index (χ4n) is 4.03. The fraction of sp³-hybridized carbons (Fsp3) is 0.364. The van der Waals surface area contributed by atoms with Crippen molar-refractivity contribution in [1.82, 2.24) is 4.90 Å². The molecule has 2 aliphatic heterocycles. The molecule has 1 atom stereocenters. The van der Waals surface area contributed by atoms with Crippen LogP contribution in [-0.2, 0) is 9.59 Å². The quantitative estimate of drug-likeness (QED) is 0.651. The summed E-state index contributed by atoms with van der Waals surface area (Å²) >= 11 is 12.1. The summed E-state index contributed by atoms with van der Waals surface area (Å²) in [6.45, 7) is 5.29. The fourth-order valence-corrected chi connectivity index (χ4v) is 4.32. The van der Waals surface area contributed by atoms with E-state index in [9.17, 15) is 9.59 Å². The van der Waals surface area contributed by atoms with Gasteiger partial charge in [0.2, 0.25) is 5.91 Å². The maximum Gasteiger partial charge on any atom is 0.251 e. The van der Waals surface area contributed by atoms with Crippen LogP contribution in [0.15, 0.2) is 42.5 Å². The third-order valence-corrected chi connectivity index (χ3v) is 6.27. The first-order chi connectivity index (χ1) is 14.5. The third kappa shape index (κ3) is 4.13. The van der Waals surface area contributed by atoms with E-state index in [2.05, 4.69) is 9.80 Å². The van der Waals surface area contributed by atoms with Crippen molar-refractivity contribution in [2.24, 2.45) is 0 Å². The van der Waals surface area contributed by atoms with E-state index >= 15 is 0 Å². The number of hydrogen-bond acceptors (Lipinski definition) is 5. The first-order valence-corrected chi connectivity index (χ1v) is 10.8. The lowest BCUT2D eigenvalue weighted by molar-refractivity contribution is -0.123. The predicted octanol–water partition coefficient (Wildman–Crippen LogP) is 3.85. The number of benzene rings is 2. The summed E-state index contributed by atoms with van der Waals surface area (Å²) in [6.07, 6.45) is 0.199. The minimum Gasteiger partial charge on any atom is -0.494 e. The molecule has 0 saturated carbocycles. The Morgan fingerprint density at radius 3 is 2.43 bits per heavy atom. The Kier molecular flexibility index (Phi) is 6.18. The zero-order valence-corrected chi connectivity index (χ0v) is 18.2. The first kappa shape index (κ1) is 21.0. The smallest absolute Gasteiger partial charge is 0.251 e. The molecule has 2 aromatic rings. The second-order valence-electron chi connectivity index (χ2n) is 7.34. The normalized spacial score (nSPS) is 20.2. The van der Waals surface area contributed by atoms with Crippen molar-refractivity contribution >= 4 is 46.4 Å². The van der Waals surface area contributed by atoms with Gasteiger partial charge in [0.05, 0.1) is 34.8 Å². The predicted molar refractivity (Wildman–Crippen MR) is 119 cm³/mol. The summed E-state index contributed by atoms with van der Waals surface area (Å²) in [7, 11) is 0. The Hall–Kier alpha value is -2.28. The number of carbonyl (C=O) groups is 2. The Morgan fingerprint density at radius 2 is 1.73 bits per heavy atom. The third-order valence-electron chi connectivity index (χ3n) is 5.53. The van der Waals surface area contributed by atoms with Crippen LogP contribution in [0.2, 0.25) is 10.0 Å². The second-order valence-corrected chi connectivity index (χ2v) is 8.15. The van der Waals surface area contributed by atoms with Gasteiger partial charge in [-0.3, -0.25) is 14.5 Å². The van der Waals surface area contributed by atoms with Crippen LogP contribution >= 0.6 is 23.2 Å². The number of hydrogen-bond donors (Lipinski definition) is 0. The van der Waals surface area contributed by atoms with Gasteiger partial charge in [0.1, 0.15) is 5.75 Å². The van der Waals surface area contributed by atoms with Gasteiger partial charge in [-0.15, -0.1) is 0 Å². The topological polar surface area (TPSA) is 53.1 Å². The molecule has 0 spiro atoms. The van der Waals surface area contributed by atoms with Crippen molar-refractivity contribution in [1.29, 1.82) is 0 Å². The molecular weight excluding hydrogens is 425 g/mol. The maximum atomic E-state index is 13.1. The molecule has 2 aliphatic rings. The average molecular weight is 448 g/mol. The van der Waals surface area contributed by atoms with Crippen molar-refractivity contribution in [3.05, 3.63) is 52.5 Å². The van der Waals surface area contributed by atoms with E-state index in [1.54, 1.807) is 24.3 Å². The van der Waals surface area contributed by atoms with Gasteiger partial charge >= 0.3 is 0 Å². The Labute approximate surface area is 185 Å². The van der Waals surface area contributed by atoms with Gasteiger partial charge in [-0.2, -0.15) is 0 Å². The van der Waals surface area contributed by atoms with Crippen molar-refractivity contribution in [3.8, 4) is 5.75 Å². The zero-order chi connectivity index (χ0) is 21.3. The van der Waals surface area contributed by atoms with E-state index in [0.29, 0.717) is 41.2 Å². The molecule has 2 aromatic carbocycles. The number of ether oxygens (including phenoxy) is 1. The van der Waals surface area contributed by atoms with Crippen LogP contribution < -0.4 is 14.5 Å². The van der Waals surface area contributed by atoms with Gasteiger partial charge < -0.3 is 9.64 Å². The van der Waals surface area contributed by atoms with Gasteiger partial charge in [-0.1, -0.05) is 29.3 Å². The van der Waals surface area contributed by atoms with E-state index in [1.807, 2.05) is 25.1 Å². The molecule has 0 radical (unpaired) electrons. The molecule has 2 fully saturated rings. The largest absolute Gasteiger partial charge is 0.494 e. The SMILES string of the molecule is CCOc1cccc(N2C(=O)C[C@H](N3CCN(c4ccc(Cl)c(Cl)c4)CC3)C2=O)c1. The Balaban J connectivity index is 1.43. The number of halogens is 2. The molecule has 8 heteroatoms. The standard InChI is InChI=1S/C22H23Cl2N3O3/c1-2-30-17-5-3-4-16(12-17)27-21(28)14-20(22(27)29)26-10-8-25(9-11-26)15-6-7-18(23)19(24)13-15/h3-7,12-13,20H,2,8-11,14H2,1H3/t20-/m0/s1. The molecule has 2 saturated heterocycles. The van der Waals surface area contributed by atoms with Crippen molar-refractivity contribution < 1.29 is 14.3 Å². The van der Waals surface area contributed by atoms with E-state index in [1.165, 1.54) is 4.90 Å². The summed E-state index contributed by atoms with van der Waals surface area (Å²) in [4.78, 5) is 31.4. The highest BCUT2D eigenvalue weighted by Gasteiger charge is 2.43. The minimum atomic E-state index is -0.427. The van der Waals surface area contributed by atoms with Crippen LogP contribution in [0.4, 0.5) is 11.4 Å². The number of piperazine rings is 1. The van der Waals surface area contributed by atoms with Gasteiger partial charge in [-0.25, -0.2) is 4.90 Å². The first-order valence-electron chi connectivity index (χ1n) is 10.0. The van der Waals surface area contributed by atoms with Gasteiger partial charge in [-0.05, 0) is 37.3 Å². The molecule has 2 amide bonds. The van der Waals surface area contributed by atoms with Gasteiger partial charge in [0.15, 0.2) is 0 Å². The highest BCUT2D eigenvalue weighted by Crippen LogP contribution is 2.31.